The lowest BCUT2D eigenvalue weighted by Crippen LogP contribution is -2.36. The van der Waals surface area contributed by atoms with Crippen LogP contribution in [0.3, 0.4) is 0 Å². The van der Waals surface area contributed by atoms with Crippen molar-refractivity contribution in [3.05, 3.63) is 48.3 Å². The van der Waals surface area contributed by atoms with Crippen molar-refractivity contribution in [3.63, 3.8) is 0 Å². The zero-order valence-electron chi connectivity index (χ0n) is 13.4. The van der Waals surface area contributed by atoms with Crippen LogP contribution in [0.5, 0.6) is 0 Å². The number of hydrogen-bond acceptors (Lipinski definition) is 7. The molecule has 0 saturated carbocycles. The van der Waals surface area contributed by atoms with E-state index in [-0.39, 0.29) is 0 Å². The third kappa shape index (κ3) is 2.72. The summed E-state index contributed by atoms with van der Waals surface area (Å²) in [5.41, 5.74) is 8.64. The molecule has 0 radical (unpaired) electrons. The van der Waals surface area contributed by atoms with Crippen LogP contribution in [0.1, 0.15) is 5.56 Å². The van der Waals surface area contributed by atoms with Gasteiger partial charge in [0.2, 0.25) is 0 Å². The molecule has 7 nitrogen and oxygen atoms in total. The second kappa shape index (κ2) is 5.54. The van der Waals surface area contributed by atoms with Gasteiger partial charge < -0.3 is 4.57 Å². The third-order valence-corrected chi connectivity index (χ3v) is 5.19. The average molecular weight is 340 g/mol. The summed E-state index contributed by atoms with van der Waals surface area (Å²) in [6.45, 7) is 3.99. The van der Waals surface area contributed by atoms with Gasteiger partial charge >= 0.3 is 0 Å². The van der Waals surface area contributed by atoms with E-state index in [1.807, 2.05) is 29.3 Å². The van der Waals surface area contributed by atoms with E-state index in [9.17, 15) is 4.57 Å². The lowest BCUT2D eigenvalue weighted by Gasteiger charge is -2.17. The number of pyridine rings is 1. The number of nitrogens with one attached hydrogen (secondary N) is 2. The second-order valence-corrected chi connectivity index (χ2v) is 9.26. The summed E-state index contributed by atoms with van der Waals surface area (Å²) in [5.74, 6) is 1.29. The van der Waals surface area contributed by atoms with E-state index >= 15 is 0 Å². The van der Waals surface area contributed by atoms with Crippen molar-refractivity contribution in [1.82, 2.24) is 20.5 Å². The molecule has 122 valence electrons. The van der Waals surface area contributed by atoms with E-state index in [0.29, 0.717) is 23.6 Å². The van der Waals surface area contributed by atoms with Crippen LogP contribution in [0.25, 0.3) is 10.9 Å². The van der Waals surface area contributed by atoms with Crippen LogP contribution >= 0.6 is 7.14 Å². The van der Waals surface area contributed by atoms with Gasteiger partial charge in [0.1, 0.15) is 12.6 Å². The van der Waals surface area contributed by atoms with Gasteiger partial charge in [0.15, 0.2) is 11.6 Å². The summed E-state index contributed by atoms with van der Waals surface area (Å²) in [6, 6.07) is 10.1. The first-order valence-electron chi connectivity index (χ1n) is 7.56. The number of anilines is 2. The van der Waals surface area contributed by atoms with Crippen molar-refractivity contribution in [2.45, 2.75) is 6.54 Å². The minimum atomic E-state index is -2.46. The Morgan fingerprint density at radius 1 is 1.21 bits per heavy atom. The number of hydrazine groups is 2. The molecule has 0 amide bonds. The number of hydrogen-bond donors (Lipinski definition) is 2. The molecule has 2 N–H and O–H groups in total. The van der Waals surface area contributed by atoms with Crippen molar-refractivity contribution >= 4 is 35.1 Å². The molecule has 1 aliphatic rings. The molecule has 0 spiro atoms. The Labute approximate surface area is 139 Å². The Morgan fingerprint density at radius 3 is 2.92 bits per heavy atom. The topological polar surface area (TPSA) is 83.0 Å². The van der Waals surface area contributed by atoms with E-state index in [1.165, 1.54) is 0 Å². The maximum absolute atomic E-state index is 12.3. The summed E-state index contributed by atoms with van der Waals surface area (Å²) in [4.78, 5) is 13.2. The van der Waals surface area contributed by atoms with Crippen LogP contribution in [-0.4, -0.2) is 28.3 Å². The quantitative estimate of drug-likeness (QED) is 0.707. The number of fused-ring (bicyclic) bond motifs is 2. The van der Waals surface area contributed by atoms with Gasteiger partial charge in [-0.15, -0.1) is 5.53 Å². The Hall–Kier alpha value is -2.50. The van der Waals surface area contributed by atoms with Gasteiger partial charge in [-0.25, -0.2) is 9.97 Å². The summed E-state index contributed by atoms with van der Waals surface area (Å²) in [5, 5.41) is 2.95. The fraction of sp³-hybridized carbons (Fsp3) is 0.188. The summed E-state index contributed by atoms with van der Waals surface area (Å²) >= 11 is 0. The van der Waals surface area contributed by atoms with Crippen LogP contribution in [0.2, 0.25) is 0 Å². The molecule has 24 heavy (non-hydrogen) atoms. The Balaban J connectivity index is 1.66. The van der Waals surface area contributed by atoms with Crippen molar-refractivity contribution < 1.29 is 4.57 Å². The van der Waals surface area contributed by atoms with Gasteiger partial charge in [-0.3, -0.25) is 15.4 Å². The van der Waals surface area contributed by atoms with Crippen molar-refractivity contribution in [3.8, 4) is 0 Å². The number of benzene rings is 1. The number of rotatable bonds is 3. The van der Waals surface area contributed by atoms with E-state index in [0.717, 1.165) is 16.5 Å². The molecule has 1 aromatic carbocycles. The van der Waals surface area contributed by atoms with E-state index in [2.05, 4.69) is 32.0 Å². The van der Waals surface area contributed by atoms with Crippen LogP contribution in [0.4, 0.5) is 11.6 Å². The lowest BCUT2D eigenvalue weighted by molar-refractivity contribution is 0.587. The first-order chi connectivity index (χ1) is 11.5. The minimum Gasteiger partial charge on any atom is -0.318 e. The monoisotopic (exact) mass is 340 g/mol. The minimum absolute atomic E-state index is 0.527. The van der Waals surface area contributed by atoms with Crippen LogP contribution < -0.4 is 21.4 Å². The molecule has 0 saturated heterocycles. The molecule has 3 heterocycles. The predicted octanol–water partition coefficient (Wildman–Crippen LogP) is 2.12. The average Bonchev–Trinajstić information content (AvgIpc) is 2.96. The van der Waals surface area contributed by atoms with Crippen molar-refractivity contribution in [2.24, 2.45) is 0 Å². The smallest absolute Gasteiger partial charge is 0.190 e. The molecular weight excluding hydrogens is 323 g/mol. The first-order valence-corrected chi connectivity index (χ1v) is 10.2. The maximum Gasteiger partial charge on any atom is 0.190 e. The Kier molecular flexibility index (Phi) is 3.48. The second-order valence-electron chi connectivity index (χ2n) is 6.10. The Morgan fingerprint density at radius 2 is 2.08 bits per heavy atom. The largest absolute Gasteiger partial charge is 0.318 e. The van der Waals surface area contributed by atoms with Gasteiger partial charge in [0, 0.05) is 11.6 Å². The molecule has 0 bridgehead atoms. The number of aromatic nitrogens is 3. The summed E-state index contributed by atoms with van der Waals surface area (Å²) in [6.07, 6.45) is 3.36. The normalized spacial score (nSPS) is 13.8. The van der Waals surface area contributed by atoms with Gasteiger partial charge in [-0.1, -0.05) is 12.1 Å². The molecule has 0 aliphatic carbocycles. The SMILES string of the molecule is CP(C)(=O)c1cnc2c(n1)N(Cc1ccc3ncccc3c1)NN2. The van der Waals surface area contributed by atoms with Crippen molar-refractivity contribution in [2.75, 3.05) is 23.8 Å². The standard InChI is InChI=1S/C16H17N6OP/c1-24(2,23)14-9-18-15-16(19-14)22(21-20-15)10-11-5-6-13-12(8-11)4-3-7-17-13/h3-9,21H,10H2,1-2H3,(H,18,20). The molecule has 4 rings (SSSR count). The van der Waals surface area contributed by atoms with Gasteiger partial charge in [-0.2, -0.15) is 0 Å². The van der Waals surface area contributed by atoms with Gasteiger partial charge in [0.25, 0.3) is 0 Å². The highest BCUT2D eigenvalue weighted by atomic mass is 31.2. The van der Waals surface area contributed by atoms with E-state index in [4.69, 9.17) is 0 Å². The predicted molar refractivity (Wildman–Crippen MR) is 95.8 cm³/mol. The van der Waals surface area contributed by atoms with Crippen LogP contribution in [-0.2, 0) is 11.1 Å². The van der Waals surface area contributed by atoms with Crippen molar-refractivity contribution in [1.29, 1.82) is 0 Å². The van der Waals surface area contributed by atoms with Gasteiger partial charge in [-0.05, 0) is 37.1 Å². The fourth-order valence-corrected chi connectivity index (χ4v) is 3.27. The molecular formula is C16H17N6OP. The number of nitrogens with zero attached hydrogens (tertiary/aromatic N) is 4. The van der Waals surface area contributed by atoms with E-state index < -0.39 is 7.14 Å². The Bertz CT molecular complexity index is 970. The third-order valence-electron chi connectivity index (χ3n) is 3.87. The molecule has 1 aliphatic heterocycles. The first kappa shape index (κ1) is 15.1. The zero-order chi connectivity index (χ0) is 16.7. The highest BCUT2D eigenvalue weighted by Crippen LogP contribution is 2.35. The fourth-order valence-electron chi connectivity index (χ4n) is 2.60. The molecule has 0 atom stereocenters. The van der Waals surface area contributed by atoms with Crippen LogP contribution in [0.15, 0.2) is 42.7 Å². The molecule has 0 unspecified atom stereocenters. The van der Waals surface area contributed by atoms with Crippen LogP contribution in [0, 0.1) is 0 Å². The zero-order valence-corrected chi connectivity index (χ0v) is 14.3. The highest BCUT2D eigenvalue weighted by molar-refractivity contribution is 7.69. The molecule has 0 fully saturated rings. The lowest BCUT2D eigenvalue weighted by atomic mass is 10.1. The summed E-state index contributed by atoms with van der Waals surface area (Å²) < 4.78 is 12.3. The molecule has 2 aromatic heterocycles. The molecule has 8 heteroatoms. The highest BCUT2D eigenvalue weighted by Gasteiger charge is 2.25. The van der Waals surface area contributed by atoms with Gasteiger partial charge in [0.05, 0.1) is 18.3 Å². The summed E-state index contributed by atoms with van der Waals surface area (Å²) in [7, 11) is -2.46. The maximum atomic E-state index is 12.3. The van der Waals surface area contributed by atoms with E-state index in [1.54, 1.807) is 25.7 Å². The molecule has 3 aromatic rings.